The first-order chi connectivity index (χ1) is 9.22. The minimum absolute atomic E-state index is 0.516. The van der Waals surface area contributed by atoms with Gasteiger partial charge in [-0.3, -0.25) is 0 Å². The highest BCUT2D eigenvalue weighted by Gasteiger charge is 2.05. The van der Waals surface area contributed by atoms with E-state index in [0.717, 1.165) is 29.8 Å². The molecule has 2 aromatic rings. The van der Waals surface area contributed by atoms with E-state index in [-0.39, 0.29) is 0 Å². The van der Waals surface area contributed by atoms with Crippen LogP contribution in [0.2, 0.25) is 0 Å². The molecule has 0 bridgehead atoms. The lowest BCUT2D eigenvalue weighted by atomic mass is 10.2. The highest BCUT2D eigenvalue weighted by molar-refractivity contribution is 5.58. The zero-order chi connectivity index (χ0) is 13.7. The van der Waals surface area contributed by atoms with Crippen molar-refractivity contribution in [3.63, 3.8) is 0 Å². The van der Waals surface area contributed by atoms with Gasteiger partial charge in [0.15, 0.2) is 5.82 Å². The summed E-state index contributed by atoms with van der Waals surface area (Å²) in [5.41, 5.74) is 7.77. The molecule has 0 radical (unpaired) electrons. The summed E-state index contributed by atoms with van der Waals surface area (Å²) in [6.07, 6.45) is 1.95. The molecule has 19 heavy (non-hydrogen) atoms. The van der Waals surface area contributed by atoms with Crippen LogP contribution >= 0.6 is 0 Å². The maximum atomic E-state index is 5.83. The Labute approximate surface area is 113 Å². The monoisotopic (exact) mass is 257 g/mol. The van der Waals surface area contributed by atoms with E-state index in [2.05, 4.69) is 16.9 Å². The van der Waals surface area contributed by atoms with Crippen molar-refractivity contribution in [3.05, 3.63) is 36.0 Å². The standard InChI is InChI=1S/C15H19N3O/c1-3-5-12-10-14(16)18-15(17-12)11-6-8-13(9-7-11)19-4-2/h6-10H,3-5H2,1-2H3,(H2,16,17,18). The summed E-state index contributed by atoms with van der Waals surface area (Å²) in [5.74, 6) is 2.04. The molecule has 0 saturated heterocycles. The second-order valence-electron chi connectivity index (χ2n) is 4.32. The normalized spacial score (nSPS) is 10.4. The van der Waals surface area contributed by atoms with Crippen LogP contribution in [0.4, 0.5) is 5.82 Å². The van der Waals surface area contributed by atoms with E-state index in [1.807, 2.05) is 37.3 Å². The van der Waals surface area contributed by atoms with Crippen LogP contribution in [0.25, 0.3) is 11.4 Å². The van der Waals surface area contributed by atoms with E-state index in [1.165, 1.54) is 0 Å². The highest BCUT2D eigenvalue weighted by Crippen LogP contribution is 2.21. The number of nitrogen functional groups attached to an aromatic ring is 1. The van der Waals surface area contributed by atoms with Gasteiger partial charge >= 0.3 is 0 Å². The molecule has 0 amide bonds. The van der Waals surface area contributed by atoms with Crippen molar-refractivity contribution < 1.29 is 4.74 Å². The first kappa shape index (κ1) is 13.3. The molecule has 100 valence electrons. The predicted octanol–water partition coefficient (Wildman–Crippen LogP) is 3.08. The largest absolute Gasteiger partial charge is 0.494 e. The fourth-order valence-electron chi connectivity index (χ4n) is 1.90. The molecule has 1 heterocycles. The molecule has 4 nitrogen and oxygen atoms in total. The number of nitrogens with two attached hydrogens (primary N) is 1. The van der Waals surface area contributed by atoms with Gasteiger partial charge in [0, 0.05) is 17.3 Å². The van der Waals surface area contributed by atoms with Crippen molar-refractivity contribution in [3.8, 4) is 17.1 Å². The maximum Gasteiger partial charge on any atom is 0.161 e. The third kappa shape index (κ3) is 3.44. The van der Waals surface area contributed by atoms with E-state index in [9.17, 15) is 0 Å². The first-order valence-electron chi connectivity index (χ1n) is 6.59. The lowest BCUT2D eigenvalue weighted by Crippen LogP contribution is -2.00. The fourth-order valence-corrected chi connectivity index (χ4v) is 1.90. The van der Waals surface area contributed by atoms with Crippen molar-refractivity contribution in [1.82, 2.24) is 9.97 Å². The maximum absolute atomic E-state index is 5.83. The fraction of sp³-hybridized carbons (Fsp3) is 0.333. The van der Waals surface area contributed by atoms with Crippen LogP contribution in [-0.4, -0.2) is 16.6 Å². The molecule has 0 atom stereocenters. The smallest absolute Gasteiger partial charge is 0.161 e. The second kappa shape index (κ2) is 6.18. The summed E-state index contributed by atoms with van der Waals surface area (Å²) in [5, 5.41) is 0. The van der Waals surface area contributed by atoms with Gasteiger partial charge in [0.25, 0.3) is 0 Å². The van der Waals surface area contributed by atoms with Gasteiger partial charge in [-0.05, 0) is 37.6 Å². The number of nitrogens with zero attached hydrogens (tertiary/aromatic N) is 2. The molecule has 0 aliphatic carbocycles. The van der Waals surface area contributed by atoms with Gasteiger partial charge in [0.2, 0.25) is 0 Å². The van der Waals surface area contributed by atoms with E-state index in [4.69, 9.17) is 10.5 Å². The lowest BCUT2D eigenvalue weighted by Gasteiger charge is -2.07. The van der Waals surface area contributed by atoms with Crippen molar-refractivity contribution >= 4 is 5.82 Å². The molecule has 4 heteroatoms. The molecular formula is C15H19N3O. The van der Waals surface area contributed by atoms with E-state index < -0.39 is 0 Å². The number of benzene rings is 1. The van der Waals surface area contributed by atoms with Crippen molar-refractivity contribution in [2.45, 2.75) is 26.7 Å². The third-order valence-corrected chi connectivity index (χ3v) is 2.73. The number of aryl methyl sites for hydroxylation is 1. The van der Waals surface area contributed by atoms with E-state index >= 15 is 0 Å². The Bertz CT molecular complexity index is 538. The Morgan fingerprint density at radius 2 is 1.84 bits per heavy atom. The average Bonchev–Trinajstić information content (AvgIpc) is 2.40. The predicted molar refractivity (Wildman–Crippen MR) is 77.0 cm³/mol. The Morgan fingerprint density at radius 3 is 2.47 bits per heavy atom. The molecule has 0 unspecified atom stereocenters. The zero-order valence-corrected chi connectivity index (χ0v) is 11.4. The molecular weight excluding hydrogens is 238 g/mol. The molecule has 0 fully saturated rings. The molecule has 1 aromatic carbocycles. The van der Waals surface area contributed by atoms with Crippen molar-refractivity contribution in [2.75, 3.05) is 12.3 Å². The topological polar surface area (TPSA) is 61.0 Å². The zero-order valence-electron chi connectivity index (χ0n) is 11.4. The van der Waals surface area contributed by atoms with E-state index in [0.29, 0.717) is 18.2 Å². The van der Waals surface area contributed by atoms with Crippen LogP contribution < -0.4 is 10.5 Å². The van der Waals surface area contributed by atoms with Gasteiger partial charge in [-0.2, -0.15) is 0 Å². The van der Waals surface area contributed by atoms with Crippen LogP contribution in [0.3, 0.4) is 0 Å². The quantitative estimate of drug-likeness (QED) is 0.894. The Kier molecular flexibility index (Phi) is 4.34. The Morgan fingerprint density at radius 1 is 1.11 bits per heavy atom. The molecule has 0 aliphatic heterocycles. The molecule has 2 rings (SSSR count). The minimum Gasteiger partial charge on any atom is -0.494 e. The van der Waals surface area contributed by atoms with Crippen molar-refractivity contribution in [1.29, 1.82) is 0 Å². The summed E-state index contributed by atoms with van der Waals surface area (Å²) >= 11 is 0. The molecule has 0 saturated carbocycles. The Balaban J connectivity index is 2.29. The van der Waals surface area contributed by atoms with Gasteiger partial charge in [0.1, 0.15) is 11.6 Å². The number of hydrogen-bond donors (Lipinski definition) is 1. The molecule has 0 aliphatic rings. The van der Waals surface area contributed by atoms with Gasteiger partial charge in [0.05, 0.1) is 6.61 Å². The molecule has 2 N–H and O–H groups in total. The van der Waals surface area contributed by atoms with Crippen LogP contribution in [-0.2, 0) is 6.42 Å². The average molecular weight is 257 g/mol. The van der Waals surface area contributed by atoms with Gasteiger partial charge in [-0.15, -0.1) is 0 Å². The van der Waals surface area contributed by atoms with Gasteiger partial charge in [-0.1, -0.05) is 13.3 Å². The SMILES string of the molecule is CCCc1cc(N)nc(-c2ccc(OCC)cc2)n1. The summed E-state index contributed by atoms with van der Waals surface area (Å²) in [6.45, 7) is 4.75. The number of anilines is 1. The van der Waals surface area contributed by atoms with Gasteiger partial charge < -0.3 is 10.5 Å². The van der Waals surface area contributed by atoms with Crippen LogP contribution in [0.15, 0.2) is 30.3 Å². The number of rotatable bonds is 5. The molecule has 1 aromatic heterocycles. The van der Waals surface area contributed by atoms with Crippen LogP contribution in [0.1, 0.15) is 26.0 Å². The highest BCUT2D eigenvalue weighted by atomic mass is 16.5. The first-order valence-corrected chi connectivity index (χ1v) is 6.59. The van der Waals surface area contributed by atoms with E-state index in [1.54, 1.807) is 0 Å². The third-order valence-electron chi connectivity index (χ3n) is 2.73. The number of hydrogen-bond acceptors (Lipinski definition) is 4. The summed E-state index contributed by atoms with van der Waals surface area (Å²) in [6, 6.07) is 9.59. The van der Waals surface area contributed by atoms with Gasteiger partial charge in [-0.25, -0.2) is 9.97 Å². The number of ether oxygens (including phenoxy) is 1. The summed E-state index contributed by atoms with van der Waals surface area (Å²) in [7, 11) is 0. The Hall–Kier alpha value is -2.10. The summed E-state index contributed by atoms with van der Waals surface area (Å²) < 4.78 is 5.42. The van der Waals surface area contributed by atoms with Crippen LogP contribution in [0, 0.1) is 0 Å². The minimum atomic E-state index is 0.516. The summed E-state index contributed by atoms with van der Waals surface area (Å²) in [4.78, 5) is 8.83. The number of aromatic nitrogens is 2. The lowest BCUT2D eigenvalue weighted by molar-refractivity contribution is 0.340. The second-order valence-corrected chi connectivity index (χ2v) is 4.32. The molecule has 0 spiro atoms. The van der Waals surface area contributed by atoms with Crippen LogP contribution in [0.5, 0.6) is 5.75 Å². The van der Waals surface area contributed by atoms with Crippen molar-refractivity contribution in [2.24, 2.45) is 0 Å².